The second-order valence-corrected chi connectivity index (χ2v) is 5.17. The van der Waals surface area contributed by atoms with Gasteiger partial charge in [0.25, 0.3) is 5.91 Å². The lowest BCUT2D eigenvalue weighted by molar-refractivity contribution is 0.0753. The highest BCUT2D eigenvalue weighted by molar-refractivity contribution is 6.00. The van der Waals surface area contributed by atoms with Gasteiger partial charge < -0.3 is 10.2 Å². The summed E-state index contributed by atoms with van der Waals surface area (Å²) in [6.07, 6.45) is 2.30. The first-order valence-corrected chi connectivity index (χ1v) is 6.80. The Labute approximate surface area is 109 Å². The lowest BCUT2D eigenvalue weighted by Gasteiger charge is -2.22. The smallest absolute Gasteiger partial charge is 0.256 e. The first kappa shape index (κ1) is 12.9. The van der Waals surface area contributed by atoms with Crippen LogP contribution in [0.1, 0.15) is 44.0 Å². The number of rotatable bonds is 5. The van der Waals surface area contributed by atoms with Gasteiger partial charge in [-0.3, -0.25) is 4.79 Å². The van der Waals surface area contributed by atoms with Crippen LogP contribution in [0.2, 0.25) is 0 Å². The fourth-order valence-electron chi connectivity index (χ4n) is 2.22. The largest absolute Gasteiger partial charge is 0.382 e. The van der Waals surface area contributed by atoms with Crippen molar-refractivity contribution in [2.24, 2.45) is 0 Å². The third kappa shape index (κ3) is 2.84. The van der Waals surface area contributed by atoms with E-state index in [0.29, 0.717) is 12.1 Å². The molecule has 0 heterocycles. The SMILES string of the molecule is CCN(C(=O)c1ccccc1NC(C)C)C1CC1. The van der Waals surface area contributed by atoms with Crippen LogP contribution in [-0.2, 0) is 0 Å². The topological polar surface area (TPSA) is 32.3 Å². The van der Waals surface area contributed by atoms with Gasteiger partial charge in [0.2, 0.25) is 0 Å². The third-order valence-corrected chi connectivity index (χ3v) is 3.19. The number of amides is 1. The highest BCUT2D eigenvalue weighted by atomic mass is 16.2. The number of anilines is 1. The molecule has 1 aromatic carbocycles. The fourth-order valence-corrected chi connectivity index (χ4v) is 2.22. The molecule has 0 unspecified atom stereocenters. The van der Waals surface area contributed by atoms with Crippen LogP contribution >= 0.6 is 0 Å². The number of carbonyl (C=O) groups is 1. The predicted molar refractivity (Wildman–Crippen MR) is 74.9 cm³/mol. The molecule has 1 aliphatic rings. The minimum Gasteiger partial charge on any atom is -0.382 e. The van der Waals surface area contributed by atoms with Gasteiger partial charge in [-0.1, -0.05) is 12.1 Å². The van der Waals surface area contributed by atoms with Crippen LogP contribution < -0.4 is 5.32 Å². The average Bonchev–Trinajstić information content (AvgIpc) is 3.14. The Morgan fingerprint density at radius 1 is 1.39 bits per heavy atom. The van der Waals surface area contributed by atoms with Gasteiger partial charge in [-0.15, -0.1) is 0 Å². The molecule has 0 bridgehead atoms. The van der Waals surface area contributed by atoms with Gasteiger partial charge in [0.1, 0.15) is 0 Å². The van der Waals surface area contributed by atoms with Gasteiger partial charge in [0, 0.05) is 24.3 Å². The molecule has 0 atom stereocenters. The predicted octanol–water partition coefficient (Wildman–Crippen LogP) is 3.13. The molecule has 1 N–H and O–H groups in total. The maximum Gasteiger partial charge on any atom is 0.256 e. The Hall–Kier alpha value is -1.51. The van der Waals surface area contributed by atoms with E-state index in [0.717, 1.165) is 30.6 Å². The molecule has 1 amide bonds. The molecule has 18 heavy (non-hydrogen) atoms. The molecule has 1 aliphatic carbocycles. The highest BCUT2D eigenvalue weighted by Crippen LogP contribution is 2.29. The summed E-state index contributed by atoms with van der Waals surface area (Å²) < 4.78 is 0. The molecule has 1 saturated carbocycles. The number of hydrogen-bond donors (Lipinski definition) is 1. The summed E-state index contributed by atoms with van der Waals surface area (Å²) in [6, 6.07) is 8.59. The van der Waals surface area contributed by atoms with Crippen LogP contribution in [0, 0.1) is 0 Å². The average molecular weight is 246 g/mol. The number of nitrogens with one attached hydrogen (secondary N) is 1. The fraction of sp³-hybridized carbons (Fsp3) is 0.533. The molecule has 0 radical (unpaired) electrons. The summed E-state index contributed by atoms with van der Waals surface area (Å²) in [7, 11) is 0. The summed E-state index contributed by atoms with van der Waals surface area (Å²) in [5, 5.41) is 3.35. The monoisotopic (exact) mass is 246 g/mol. The number of para-hydroxylation sites is 1. The summed E-state index contributed by atoms with van der Waals surface area (Å²) in [6.45, 7) is 7.01. The molecule has 3 nitrogen and oxygen atoms in total. The normalized spacial score (nSPS) is 14.7. The Balaban J connectivity index is 2.23. The van der Waals surface area contributed by atoms with Crippen LogP contribution in [0.3, 0.4) is 0 Å². The van der Waals surface area contributed by atoms with Crippen LogP contribution in [0.5, 0.6) is 0 Å². The summed E-state index contributed by atoms with van der Waals surface area (Å²) in [5.41, 5.74) is 1.73. The van der Waals surface area contributed by atoms with Gasteiger partial charge in [-0.25, -0.2) is 0 Å². The zero-order valence-electron chi connectivity index (χ0n) is 11.4. The molecule has 98 valence electrons. The highest BCUT2D eigenvalue weighted by Gasteiger charge is 2.32. The van der Waals surface area contributed by atoms with Crippen molar-refractivity contribution in [3.05, 3.63) is 29.8 Å². The van der Waals surface area contributed by atoms with Crippen LogP contribution in [0.15, 0.2) is 24.3 Å². The van der Waals surface area contributed by atoms with E-state index >= 15 is 0 Å². The lowest BCUT2D eigenvalue weighted by Crippen LogP contribution is -2.33. The zero-order valence-corrected chi connectivity index (χ0v) is 11.4. The number of nitrogens with zero attached hydrogens (tertiary/aromatic N) is 1. The molecule has 3 heteroatoms. The first-order chi connectivity index (χ1) is 8.63. The molecule has 0 aromatic heterocycles. The van der Waals surface area contributed by atoms with Gasteiger partial charge in [0.15, 0.2) is 0 Å². The number of hydrogen-bond acceptors (Lipinski definition) is 2. The minimum atomic E-state index is 0.156. The molecular formula is C15H22N2O. The van der Waals surface area contributed by atoms with Crippen molar-refractivity contribution in [1.82, 2.24) is 4.90 Å². The molecule has 1 aromatic rings. The maximum absolute atomic E-state index is 12.5. The van der Waals surface area contributed by atoms with E-state index < -0.39 is 0 Å². The van der Waals surface area contributed by atoms with E-state index in [1.165, 1.54) is 0 Å². The van der Waals surface area contributed by atoms with E-state index in [1.807, 2.05) is 29.2 Å². The van der Waals surface area contributed by atoms with Crippen molar-refractivity contribution in [2.45, 2.75) is 45.7 Å². The molecular weight excluding hydrogens is 224 g/mol. The van der Waals surface area contributed by atoms with Crippen LogP contribution in [-0.4, -0.2) is 29.4 Å². The Bertz CT molecular complexity index is 424. The molecule has 1 fully saturated rings. The van der Waals surface area contributed by atoms with Crippen molar-refractivity contribution in [1.29, 1.82) is 0 Å². The standard InChI is InChI=1S/C15H22N2O/c1-4-17(12-9-10-12)15(18)13-7-5-6-8-14(13)16-11(2)3/h5-8,11-12,16H,4,9-10H2,1-3H3. The van der Waals surface area contributed by atoms with E-state index in [2.05, 4.69) is 26.1 Å². The number of benzene rings is 1. The number of carbonyl (C=O) groups excluding carboxylic acids is 1. The molecule has 2 rings (SSSR count). The quantitative estimate of drug-likeness (QED) is 0.865. The molecule has 0 aliphatic heterocycles. The van der Waals surface area contributed by atoms with Crippen LogP contribution in [0.4, 0.5) is 5.69 Å². The second-order valence-electron chi connectivity index (χ2n) is 5.17. The molecule has 0 spiro atoms. The minimum absolute atomic E-state index is 0.156. The maximum atomic E-state index is 12.5. The van der Waals surface area contributed by atoms with Crippen molar-refractivity contribution in [3.63, 3.8) is 0 Å². The first-order valence-electron chi connectivity index (χ1n) is 6.80. The van der Waals surface area contributed by atoms with E-state index in [-0.39, 0.29) is 5.91 Å². The summed E-state index contributed by atoms with van der Waals surface area (Å²) in [4.78, 5) is 14.5. The van der Waals surface area contributed by atoms with Crippen molar-refractivity contribution >= 4 is 11.6 Å². The Morgan fingerprint density at radius 2 is 2.06 bits per heavy atom. The van der Waals surface area contributed by atoms with Crippen molar-refractivity contribution < 1.29 is 4.79 Å². The zero-order chi connectivity index (χ0) is 13.1. The summed E-state index contributed by atoms with van der Waals surface area (Å²) in [5.74, 6) is 0.156. The second kappa shape index (κ2) is 5.42. The van der Waals surface area contributed by atoms with E-state index in [1.54, 1.807) is 0 Å². The van der Waals surface area contributed by atoms with Crippen molar-refractivity contribution in [2.75, 3.05) is 11.9 Å². The van der Waals surface area contributed by atoms with Crippen molar-refractivity contribution in [3.8, 4) is 0 Å². The van der Waals surface area contributed by atoms with Gasteiger partial charge in [0.05, 0.1) is 5.56 Å². The third-order valence-electron chi connectivity index (χ3n) is 3.19. The van der Waals surface area contributed by atoms with Gasteiger partial charge in [-0.05, 0) is 45.7 Å². The Kier molecular flexibility index (Phi) is 3.90. The van der Waals surface area contributed by atoms with Gasteiger partial charge >= 0.3 is 0 Å². The van der Waals surface area contributed by atoms with E-state index in [4.69, 9.17) is 0 Å². The van der Waals surface area contributed by atoms with Crippen LogP contribution in [0.25, 0.3) is 0 Å². The molecule has 0 saturated heterocycles. The lowest BCUT2D eigenvalue weighted by atomic mass is 10.1. The Morgan fingerprint density at radius 3 is 2.61 bits per heavy atom. The summed E-state index contributed by atoms with van der Waals surface area (Å²) >= 11 is 0. The van der Waals surface area contributed by atoms with Gasteiger partial charge in [-0.2, -0.15) is 0 Å². The van der Waals surface area contributed by atoms with E-state index in [9.17, 15) is 4.79 Å².